The molecule has 0 fully saturated rings. The van der Waals surface area contributed by atoms with E-state index in [-0.39, 0.29) is 5.91 Å². The molecule has 1 amide bonds. The van der Waals surface area contributed by atoms with Crippen LogP contribution in [0.5, 0.6) is 5.75 Å². The number of methoxy groups -OCH3 is 1. The fourth-order valence-electron chi connectivity index (χ4n) is 3.65. The Morgan fingerprint density at radius 2 is 1.59 bits per heavy atom. The number of carbonyl (C=O) groups is 1. The Labute approximate surface area is 204 Å². The van der Waals surface area contributed by atoms with Crippen LogP contribution in [0.15, 0.2) is 90.1 Å². The van der Waals surface area contributed by atoms with Gasteiger partial charge in [0.25, 0.3) is 0 Å². The Hall–Kier alpha value is -3.58. The molecule has 1 heterocycles. The summed E-state index contributed by atoms with van der Waals surface area (Å²) >= 11 is 1.44. The number of aromatic nitrogens is 3. The molecule has 4 rings (SSSR count). The van der Waals surface area contributed by atoms with Crippen molar-refractivity contribution in [1.82, 2.24) is 19.7 Å². The first-order valence-corrected chi connectivity index (χ1v) is 12.0. The minimum absolute atomic E-state index is 0.0137. The number of amides is 1. The molecule has 0 radical (unpaired) electrons. The third-order valence-corrected chi connectivity index (χ3v) is 6.74. The second-order valence-electron chi connectivity index (χ2n) is 8.06. The molecule has 34 heavy (non-hydrogen) atoms. The fraction of sp³-hybridized carbons (Fsp3) is 0.222. The van der Waals surface area contributed by atoms with E-state index in [0.717, 1.165) is 29.1 Å². The second kappa shape index (κ2) is 11.0. The van der Waals surface area contributed by atoms with E-state index < -0.39 is 5.25 Å². The zero-order valence-electron chi connectivity index (χ0n) is 19.6. The van der Waals surface area contributed by atoms with Crippen LogP contribution < -0.4 is 4.74 Å². The number of benzene rings is 3. The molecule has 0 aliphatic heterocycles. The molecule has 0 N–H and O–H groups in total. The van der Waals surface area contributed by atoms with Crippen molar-refractivity contribution in [3.63, 3.8) is 0 Å². The number of likely N-dealkylation sites (N-methyl/N-ethyl adjacent to an activating group) is 1. The predicted octanol–water partition coefficient (Wildman–Crippen LogP) is 5.12. The van der Waals surface area contributed by atoms with E-state index >= 15 is 0 Å². The molecule has 3 aromatic carbocycles. The monoisotopic (exact) mass is 472 g/mol. The predicted molar refractivity (Wildman–Crippen MR) is 136 cm³/mol. The van der Waals surface area contributed by atoms with E-state index in [2.05, 4.69) is 26.9 Å². The SMILES string of the molecule is COc1ccc(-c2nnc(SC(C(=O)N(C)C)c3ccccc3)n2CCc2ccccc2)cc1. The number of nitrogens with zero attached hydrogens (tertiary/aromatic N) is 4. The van der Waals surface area contributed by atoms with Gasteiger partial charge in [-0.25, -0.2) is 0 Å². The smallest absolute Gasteiger partial charge is 0.240 e. The van der Waals surface area contributed by atoms with Gasteiger partial charge in [0.2, 0.25) is 5.91 Å². The largest absolute Gasteiger partial charge is 0.497 e. The third kappa shape index (κ3) is 5.48. The Morgan fingerprint density at radius 3 is 2.21 bits per heavy atom. The highest BCUT2D eigenvalue weighted by molar-refractivity contribution is 8.00. The number of rotatable bonds is 9. The molecule has 0 saturated carbocycles. The summed E-state index contributed by atoms with van der Waals surface area (Å²) in [7, 11) is 5.21. The Bertz CT molecular complexity index is 1210. The first kappa shape index (κ1) is 23.6. The summed E-state index contributed by atoms with van der Waals surface area (Å²) in [4.78, 5) is 14.7. The molecule has 6 nitrogen and oxygen atoms in total. The average Bonchev–Trinajstić information content (AvgIpc) is 3.29. The van der Waals surface area contributed by atoms with Crippen molar-refractivity contribution in [3.8, 4) is 17.1 Å². The van der Waals surface area contributed by atoms with Gasteiger partial charge in [-0.2, -0.15) is 0 Å². The summed E-state index contributed by atoms with van der Waals surface area (Å²) in [6, 6.07) is 28.0. The molecule has 1 aromatic heterocycles. The van der Waals surface area contributed by atoms with Gasteiger partial charge in [0.05, 0.1) is 7.11 Å². The zero-order valence-corrected chi connectivity index (χ0v) is 20.4. The molecule has 0 aliphatic carbocycles. The number of carbonyl (C=O) groups excluding carboxylic acids is 1. The second-order valence-corrected chi connectivity index (χ2v) is 9.14. The molecule has 1 atom stereocenters. The molecule has 1 unspecified atom stereocenters. The number of thioether (sulfide) groups is 1. The van der Waals surface area contributed by atoms with Crippen molar-refractivity contribution >= 4 is 17.7 Å². The molecular formula is C27H28N4O2S. The summed E-state index contributed by atoms with van der Waals surface area (Å²) < 4.78 is 7.42. The minimum Gasteiger partial charge on any atom is -0.497 e. The Balaban J connectivity index is 1.71. The molecule has 7 heteroatoms. The van der Waals surface area contributed by atoms with Gasteiger partial charge in [0, 0.05) is 26.2 Å². The molecule has 174 valence electrons. The minimum atomic E-state index is -0.417. The van der Waals surface area contributed by atoms with E-state index in [4.69, 9.17) is 4.74 Å². The molecule has 0 aliphatic rings. The van der Waals surface area contributed by atoms with Gasteiger partial charge in [0.1, 0.15) is 11.0 Å². The van der Waals surface area contributed by atoms with Crippen LogP contribution in [0, 0.1) is 0 Å². The van der Waals surface area contributed by atoms with Crippen LogP contribution in [0.2, 0.25) is 0 Å². The first-order chi connectivity index (χ1) is 16.6. The van der Waals surface area contributed by atoms with E-state index in [9.17, 15) is 4.79 Å². The van der Waals surface area contributed by atoms with Crippen LogP contribution in [0.1, 0.15) is 16.4 Å². The summed E-state index contributed by atoms with van der Waals surface area (Å²) in [5.41, 5.74) is 3.12. The van der Waals surface area contributed by atoms with Gasteiger partial charge >= 0.3 is 0 Å². The fourth-order valence-corrected chi connectivity index (χ4v) is 4.85. The molecule has 0 bridgehead atoms. The normalized spacial score (nSPS) is 11.7. The zero-order chi connectivity index (χ0) is 23.9. The number of ether oxygens (including phenoxy) is 1. The van der Waals surface area contributed by atoms with Gasteiger partial charge in [0.15, 0.2) is 11.0 Å². The lowest BCUT2D eigenvalue weighted by Crippen LogP contribution is -2.27. The maximum atomic E-state index is 13.1. The Kier molecular flexibility index (Phi) is 7.65. The van der Waals surface area contributed by atoms with E-state index in [1.807, 2.05) is 72.8 Å². The Morgan fingerprint density at radius 1 is 0.941 bits per heavy atom. The molecule has 0 saturated heterocycles. The van der Waals surface area contributed by atoms with Crippen molar-refractivity contribution in [3.05, 3.63) is 96.1 Å². The highest BCUT2D eigenvalue weighted by atomic mass is 32.2. The van der Waals surface area contributed by atoms with Crippen LogP contribution in [0.3, 0.4) is 0 Å². The maximum Gasteiger partial charge on any atom is 0.240 e. The summed E-state index contributed by atoms with van der Waals surface area (Å²) in [5, 5.41) is 9.36. The van der Waals surface area contributed by atoms with Crippen LogP contribution in [0.4, 0.5) is 0 Å². The van der Waals surface area contributed by atoms with Crippen molar-refractivity contribution in [2.45, 2.75) is 23.4 Å². The molecular weight excluding hydrogens is 444 g/mol. The van der Waals surface area contributed by atoms with Gasteiger partial charge in [-0.05, 0) is 41.8 Å². The quantitative estimate of drug-likeness (QED) is 0.317. The lowest BCUT2D eigenvalue weighted by Gasteiger charge is -2.20. The average molecular weight is 473 g/mol. The molecule has 0 spiro atoms. The van der Waals surface area contributed by atoms with E-state index in [1.54, 1.807) is 26.1 Å². The van der Waals surface area contributed by atoms with Crippen molar-refractivity contribution in [2.24, 2.45) is 0 Å². The summed E-state index contributed by atoms with van der Waals surface area (Å²) in [6.07, 6.45) is 0.827. The van der Waals surface area contributed by atoms with Crippen molar-refractivity contribution in [2.75, 3.05) is 21.2 Å². The number of aryl methyl sites for hydroxylation is 1. The van der Waals surface area contributed by atoms with Gasteiger partial charge < -0.3 is 14.2 Å². The first-order valence-electron chi connectivity index (χ1n) is 11.1. The summed E-state index contributed by atoms with van der Waals surface area (Å²) in [6.45, 7) is 0.693. The lowest BCUT2D eigenvalue weighted by atomic mass is 10.1. The third-order valence-electron chi connectivity index (χ3n) is 5.52. The van der Waals surface area contributed by atoms with Crippen LogP contribution in [-0.4, -0.2) is 46.8 Å². The van der Waals surface area contributed by atoms with Gasteiger partial charge in [-0.1, -0.05) is 72.4 Å². The van der Waals surface area contributed by atoms with Crippen LogP contribution >= 0.6 is 11.8 Å². The van der Waals surface area contributed by atoms with Crippen molar-refractivity contribution in [1.29, 1.82) is 0 Å². The van der Waals surface area contributed by atoms with Crippen molar-refractivity contribution < 1.29 is 9.53 Å². The van der Waals surface area contributed by atoms with E-state index in [0.29, 0.717) is 11.7 Å². The lowest BCUT2D eigenvalue weighted by molar-refractivity contribution is -0.128. The molecule has 4 aromatic rings. The standard InChI is InChI=1S/C27H28N4O2S/c1-30(2)26(32)24(21-12-8-5-9-13-21)34-27-29-28-25(22-14-16-23(33-3)17-15-22)31(27)19-18-20-10-6-4-7-11-20/h4-17,24H,18-19H2,1-3H3. The van der Waals surface area contributed by atoms with E-state index in [1.165, 1.54) is 17.3 Å². The number of hydrogen-bond donors (Lipinski definition) is 0. The highest BCUT2D eigenvalue weighted by Gasteiger charge is 2.27. The topological polar surface area (TPSA) is 60.3 Å². The highest BCUT2D eigenvalue weighted by Crippen LogP contribution is 2.37. The number of hydrogen-bond acceptors (Lipinski definition) is 5. The van der Waals surface area contributed by atoms with Gasteiger partial charge in [-0.3, -0.25) is 4.79 Å². The van der Waals surface area contributed by atoms with Crippen LogP contribution in [-0.2, 0) is 17.8 Å². The summed E-state index contributed by atoms with van der Waals surface area (Å²) in [5.74, 6) is 1.57. The van der Waals surface area contributed by atoms with Crippen LogP contribution in [0.25, 0.3) is 11.4 Å². The van der Waals surface area contributed by atoms with Gasteiger partial charge in [-0.15, -0.1) is 10.2 Å². The maximum absolute atomic E-state index is 13.1.